The molecule has 0 aliphatic rings. The minimum absolute atomic E-state index is 0.283. The maximum Gasteiger partial charge on any atom is 0.0548 e. The predicted molar refractivity (Wildman–Crippen MR) is 78.8 cm³/mol. The number of benzene rings is 2. The molecule has 0 spiro atoms. The molecule has 92 valence electrons. The SMILES string of the molecule is C=CCC(Nc1ccccc1)c1ccc(C)cc1. The molecule has 0 heterocycles. The largest absolute Gasteiger partial charge is 0.378 e. The van der Waals surface area contributed by atoms with Crippen LogP contribution in [0.3, 0.4) is 0 Å². The molecule has 2 rings (SSSR count). The fraction of sp³-hybridized carbons (Fsp3) is 0.176. The molecule has 2 aromatic carbocycles. The molecule has 0 radical (unpaired) electrons. The fourth-order valence-electron chi connectivity index (χ4n) is 1.98. The molecule has 1 N–H and O–H groups in total. The Kier molecular flexibility index (Phi) is 4.19. The summed E-state index contributed by atoms with van der Waals surface area (Å²) in [7, 11) is 0. The third-order valence-corrected chi connectivity index (χ3v) is 3.00. The molecule has 1 unspecified atom stereocenters. The Hall–Kier alpha value is -2.02. The lowest BCUT2D eigenvalue weighted by molar-refractivity contribution is 0.798. The van der Waals surface area contributed by atoms with Gasteiger partial charge < -0.3 is 5.32 Å². The van der Waals surface area contributed by atoms with Gasteiger partial charge in [0.25, 0.3) is 0 Å². The molecule has 1 heteroatoms. The van der Waals surface area contributed by atoms with Crippen LogP contribution in [0, 0.1) is 6.92 Å². The van der Waals surface area contributed by atoms with Gasteiger partial charge in [-0.25, -0.2) is 0 Å². The Morgan fingerprint density at radius 1 is 1.06 bits per heavy atom. The van der Waals surface area contributed by atoms with Crippen LogP contribution in [-0.2, 0) is 0 Å². The molecule has 1 atom stereocenters. The Morgan fingerprint density at radius 3 is 2.33 bits per heavy atom. The standard InChI is InChI=1S/C17H19N/c1-3-7-17(15-12-10-14(2)11-13-15)18-16-8-5-4-6-9-16/h3-6,8-13,17-18H,1,7H2,2H3. The van der Waals surface area contributed by atoms with Crippen LogP contribution in [0.5, 0.6) is 0 Å². The van der Waals surface area contributed by atoms with Gasteiger partial charge in [-0.1, -0.05) is 54.1 Å². The quantitative estimate of drug-likeness (QED) is 0.742. The van der Waals surface area contributed by atoms with Crippen molar-refractivity contribution in [3.05, 3.63) is 78.4 Å². The zero-order chi connectivity index (χ0) is 12.8. The van der Waals surface area contributed by atoms with Gasteiger partial charge in [-0.3, -0.25) is 0 Å². The second-order valence-corrected chi connectivity index (χ2v) is 4.50. The van der Waals surface area contributed by atoms with E-state index in [9.17, 15) is 0 Å². The van der Waals surface area contributed by atoms with Gasteiger partial charge in [-0.2, -0.15) is 0 Å². The van der Waals surface area contributed by atoms with E-state index in [0.29, 0.717) is 0 Å². The van der Waals surface area contributed by atoms with Crippen LogP contribution in [-0.4, -0.2) is 0 Å². The number of aryl methyl sites for hydroxylation is 1. The van der Waals surface area contributed by atoms with Crippen LogP contribution >= 0.6 is 0 Å². The lowest BCUT2D eigenvalue weighted by Crippen LogP contribution is -2.09. The van der Waals surface area contributed by atoms with E-state index in [4.69, 9.17) is 0 Å². The molecule has 0 amide bonds. The van der Waals surface area contributed by atoms with E-state index < -0.39 is 0 Å². The van der Waals surface area contributed by atoms with Gasteiger partial charge in [0.2, 0.25) is 0 Å². The lowest BCUT2D eigenvalue weighted by Gasteiger charge is -2.19. The van der Waals surface area contributed by atoms with Crippen LogP contribution in [0.1, 0.15) is 23.6 Å². The zero-order valence-electron chi connectivity index (χ0n) is 10.8. The van der Waals surface area contributed by atoms with Crippen molar-refractivity contribution in [1.29, 1.82) is 0 Å². The molecule has 1 nitrogen and oxygen atoms in total. The van der Waals surface area contributed by atoms with Crippen LogP contribution in [0.15, 0.2) is 67.3 Å². The van der Waals surface area contributed by atoms with Crippen molar-refractivity contribution in [1.82, 2.24) is 0 Å². The summed E-state index contributed by atoms with van der Waals surface area (Å²) in [6.45, 7) is 5.95. The Morgan fingerprint density at radius 2 is 1.72 bits per heavy atom. The third kappa shape index (κ3) is 3.24. The number of hydrogen-bond acceptors (Lipinski definition) is 1. The molecule has 18 heavy (non-hydrogen) atoms. The van der Waals surface area contributed by atoms with Gasteiger partial charge in [-0.05, 0) is 31.0 Å². The molecule has 0 aromatic heterocycles. The summed E-state index contributed by atoms with van der Waals surface area (Å²) in [5.41, 5.74) is 3.73. The van der Waals surface area contributed by atoms with Gasteiger partial charge in [0.05, 0.1) is 6.04 Å². The summed E-state index contributed by atoms with van der Waals surface area (Å²) < 4.78 is 0. The minimum atomic E-state index is 0.283. The van der Waals surface area contributed by atoms with Crippen LogP contribution in [0.25, 0.3) is 0 Å². The average Bonchev–Trinajstić information content (AvgIpc) is 2.40. The molecule has 0 saturated carbocycles. The first kappa shape index (κ1) is 12.4. The van der Waals surface area contributed by atoms with Crippen molar-refractivity contribution in [2.45, 2.75) is 19.4 Å². The van der Waals surface area contributed by atoms with Crippen LogP contribution in [0.2, 0.25) is 0 Å². The van der Waals surface area contributed by atoms with E-state index in [1.54, 1.807) is 0 Å². The van der Waals surface area contributed by atoms with Gasteiger partial charge in [0.15, 0.2) is 0 Å². The van der Waals surface area contributed by atoms with Gasteiger partial charge in [0, 0.05) is 5.69 Å². The summed E-state index contributed by atoms with van der Waals surface area (Å²) in [5, 5.41) is 3.54. The minimum Gasteiger partial charge on any atom is -0.378 e. The van der Waals surface area contributed by atoms with Gasteiger partial charge in [0.1, 0.15) is 0 Å². The normalized spacial score (nSPS) is 11.8. The molecule has 2 aromatic rings. The van der Waals surface area contributed by atoms with Crippen molar-refractivity contribution in [2.24, 2.45) is 0 Å². The summed E-state index contributed by atoms with van der Waals surface area (Å²) in [5.74, 6) is 0. The molecule has 0 fully saturated rings. The molecular weight excluding hydrogens is 218 g/mol. The van der Waals surface area contributed by atoms with Crippen molar-refractivity contribution in [2.75, 3.05) is 5.32 Å². The smallest absolute Gasteiger partial charge is 0.0548 e. The Bertz CT molecular complexity index is 485. The number of rotatable bonds is 5. The van der Waals surface area contributed by atoms with Crippen LogP contribution in [0.4, 0.5) is 5.69 Å². The first-order valence-corrected chi connectivity index (χ1v) is 6.28. The first-order chi connectivity index (χ1) is 8.79. The fourth-order valence-corrected chi connectivity index (χ4v) is 1.98. The second kappa shape index (κ2) is 6.06. The van der Waals surface area contributed by atoms with Crippen molar-refractivity contribution in [3.63, 3.8) is 0 Å². The number of para-hydroxylation sites is 1. The van der Waals surface area contributed by atoms with Crippen molar-refractivity contribution < 1.29 is 0 Å². The van der Waals surface area contributed by atoms with Gasteiger partial charge >= 0.3 is 0 Å². The Balaban J connectivity index is 2.18. The average molecular weight is 237 g/mol. The first-order valence-electron chi connectivity index (χ1n) is 6.28. The van der Waals surface area contributed by atoms with E-state index in [-0.39, 0.29) is 6.04 Å². The monoisotopic (exact) mass is 237 g/mol. The van der Waals surface area contributed by atoms with Crippen molar-refractivity contribution in [3.8, 4) is 0 Å². The molecule has 0 saturated heterocycles. The highest BCUT2D eigenvalue weighted by atomic mass is 14.9. The van der Waals surface area contributed by atoms with E-state index in [0.717, 1.165) is 12.1 Å². The van der Waals surface area contributed by atoms with Gasteiger partial charge in [-0.15, -0.1) is 6.58 Å². The highest BCUT2D eigenvalue weighted by Gasteiger charge is 2.08. The Labute approximate surface area is 109 Å². The molecule has 0 aliphatic carbocycles. The summed E-state index contributed by atoms with van der Waals surface area (Å²) in [6.07, 6.45) is 2.87. The maximum atomic E-state index is 3.85. The van der Waals surface area contributed by atoms with E-state index in [2.05, 4.69) is 55.2 Å². The second-order valence-electron chi connectivity index (χ2n) is 4.50. The molecule has 0 aliphatic heterocycles. The van der Waals surface area contributed by atoms with Crippen LogP contribution < -0.4 is 5.32 Å². The summed E-state index contributed by atoms with van der Waals surface area (Å²) in [6, 6.07) is 19.2. The summed E-state index contributed by atoms with van der Waals surface area (Å²) >= 11 is 0. The van der Waals surface area contributed by atoms with E-state index >= 15 is 0 Å². The van der Waals surface area contributed by atoms with E-state index in [1.807, 2.05) is 24.3 Å². The zero-order valence-corrected chi connectivity index (χ0v) is 10.8. The number of hydrogen-bond donors (Lipinski definition) is 1. The summed E-state index contributed by atoms with van der Waals surface area (Å²) in [4.78, 5) is 0. The third-order valence-electron chi connectivity index (χ3n) is 3.00. The molecular formula is C17H19N. The predicted octanol–water partition coefficient (Wildman–Crippen LogP) is 4.72. The highest BCUT2D eigenvalue weighted by Crippen LogP contribution is 2.23. The highest BCUT2D eigenvalue weighted by molar-refractivity contribution is 5.45. The molecule has 0 bridgehead atoms. The lowest BCUT2D eigenvalue weighted by atomic mass is 10.0. The van der Waals surface area contributed by atoms with Crippen molar-refractivity contribution >= 4 is 5.69 Å². The number of anilines is 1. The van der Waals surface area contributed by atoms with E-state index in [1.165, 1.54) is 11.1 Å². The number of nitrogens with one attached hydrogen (secondary N) is 1. The maximum absolute atomic E-state index is 3.85. The topological polar surface area (TPSA) is 12.0 Å².